The summed E-state index contributed by atoms with van der Waals surface area (Å²) in [6, 6.07) is 13.3. The maximum absolute atomic E-state index is 14.9. The van der Waals surface area contributed by atoms with Gasteiger partial charge in [0.05, 0.1) is 24.9 Å². The van der Waals surface area contributed by atoms with E-state index in [1.54, 1.807) is 41.5 Å². The van der Waals surface area contributed by atoms with Gasteiger partial charge in [-0.15, -0.1) is 0 Å². The van der Waals surface area contributed by atoms with E-state index in [2.05, 4.69) is 10.1 Å². The molecule has 40 heavy (non-hydrogen) atoms. The number of thiophene rings is 1. The Morgan fingerprint density at radius 3 is 2.75 bits per heavy atom. The predicted octanol–water partition coefficient (Wildman–Crippen LogP) is 7.13. The molecular formula is C30H26FN5O3S. The van der Waals surface area contributed by atoms with Gasteiger partial charge in [-0.1, -0.05) is 36.4 Å². The van der Waals surface area contributed by atoms with Crippen LogP contribution < -0.4 is 9.47 Å². The highest BCUT2D eigenvalue weighted by molar-refractivity contribution is 7.08. The predicted molar refractivity (Wildman–Crippen MR) is 150 cm³/mol. The van der Waals surface area contributed by atoms with Gasteiger partial charge in [0.1, 0.15) is 35.8 Å². The number of benzene rings is 1. The number of nitrogens with zero attached hydrogens (tertiary/aromatic N) is 5. The van der Waals surface area contributed by atoms with Crippen molar-refractivity contribution in [1.82, 2.24) is 24.9 Å². The van der Waals surface area contributed by atoms with Crippen LogP contribution in [0.2, 0.25) is 0 Å². The Morgan fingerprint density at radius 2 is 2.02 bits per heavy atom. The third-order valence-electron chi connectivity index (χ3n) is 6.85. The summed E-state index contributed by atoms with van der Waals surface area (Å²) in [5.74, 6) is 1.41. The van der Waals surface area contributed by atoms with Crippen molar-refractivity contribution in [3.8, 4) is 45.7 Å². The fourth-order valence-electron chi connectivity index (χ4n) is 4.54. The van der Waals surface area contributed by atoms with Crippen molar-refractivity contribution in [2.45, 2.75) is 26.5 Å². The van der Waals surface area contributed by atoms with Crippen molar-refractivity contribution in [3.63, 3.8) is 0 Å². The van der Waals surface area contributed by atoms with Gasteiger partial charge >= 0.3 is 0 Å². The summed E-state index contributed by atoms with van der Waals surface area (Å²) in [6.45, 7) is 2.50. The van der Waals surface area contributed by atoms with Crippen LogP contribution >= 0.6 is 11.3 Å². The molecule has 10 heteroatoms. The fourth-order valence-corrected chi connectivity index (χ4v) is 5.19. The highest BCUT2D eigenvalue weighted by Crippen LogP contribution is 2.39. The summed E-state index contributed by atoms with van der Waals surface area (Å²) in [5, 5.41) is 12.9. The molecule has 1 atom stereocenters. The van der Waals surface area contributed by atoms with Gasteiger partial charge in [-0.2, -0.15) is 21.4 Å². The molecule has 1 unspecified atom stereocenters. The summed E-state index contributed by atoms with van der Waals surface area (Å²) < 4.78 is 33.2. The van der Waals surface area contributed by atoms with Gasteiger partial charge in [0.2, 0.25) is 5.88 Å². The third-order valence-corrected chi connectivity index (χ3v) is 7.54. The Kier molecular flexibility index (Phi) is 7.00. The first-order chi connectivity index (χ1) is 19.5. The van der Waals surface area contributed by atoms with Crippen molar-refractivity contribution >= 4 is 11.3 Å². The lowest BCUT2D eigenvalue weighted by atomic mass is 9.82. The van der Waals surface area contributed by atoms with Gasteiger partial charge in [-0.3, -0.25) is 4.68 Å². The quantitative estimate of drug-likeness (QED) is 0.191. The normalized spacial score (nSPS) is 16.6. The molecule has 0 bridgehead atoms. The van der Waals surface area contributed by atoms with E-state index < -0.39 is 5.41 Å². The van der Waals surface area contributed by atoms with E-state index >= 15 is 0 Å². The molecule has 0 amide bonds. The average Bonchev–Trinajstić information content (AvgIpc) is 3.76. The van der Waals surface area contributed by atoms with Crippen molar-refractivity contribution < 1.29 is 18.4 Å². The minimum absolute atomic E-state index is 0.191. The first-order valence-corrected chi connectivity index (χ1v) is 13.6. The van der Waals surface area contributed by atoms with Crippen LogP contribution in [0, 0.1) is 5.41 Å². The summed E-state index contributed by atoms with van der Waals surface area (Å²) in [5.41, 5.74) is 3.76. The second-order valence-electron chi connectivity index (χ2n) is 9.73. The van der Waals surface area contributed by atoms with E-state index in [9.17, 15) is 4.39 Å². The number of hydrogen-bond donors (Lipinski definition) is 0. The number of rotatable bonds is 9. The smallest absolute Gasteiger partial charge is 0.225 e. The molecule has 0 saturated carbocycles. The van der Waals surface area contributed by atoms with Gasteiger partial charge in [-0.25, -0.2) is 9.37 Å². The summed E-state index contributed by atoms with van der Waals surface area (Å²) >= 11 is 1.59. The van der Waals surface area contributed by atoms with E-state index in [4.69, 9.17) is 24.1 Å². The molecule has 8 nitrogen and oxygen atoms in total. The van der Waals surface area contributed by atoms with Crippen LogP contribution in [0.5, 0.6) is 11.6 Å². The molecule has 0 radical (unpaired) electrons. The Bertz CT molecular complexity index is 1660. The lowest BCUT2D eigenvalue weighted by Crippen LogP contribution is -2.26. The molecule has 1 aliphatic carbocycles. The Morgan fingerprint density at radius 1 is 1.15 bits per heavy atom. The highest BCUT2D eigenvalue weighted by atomic mass is 32.1. The third kappa shape index (κ3) is 5.17. The second kappa shape index (κ2) is 10.9. The van der Waals surface area contributed by atoms with Gasteiger partial charge < -0.3 is 14.0 Å². The Hall–Kier alpha value is -4.57. The van der Waals surface area contributed by atoms with Crippen molar-refractivity contribution in [3.05, 3.63) is 95.3 Å². The lowest BCUT2D eigenvalue weighted by Gasteiger charge is -2.29. The number of hydrogen-bond acceptors (Lipinski definition) is 8. The first-order valence-electron chi connectivity index (χ1n) is 12.7. The maximum Gasteiger partial charge on any atom is 0.225 e. The number of allylic oxidation sites excluding steroid dienone is 4. The molecule has 0 fully saturated rings. The van der Waals surface area contributed by atoms with Crippen LogP contribution in [0.4, 0.5) is 4.39 Å². The molecule has 0 saturated heterocycles. The van der Waals surface area contributed by atoms with Gasteiger partial charge in [0.15, 0.2) is 5.82 Å². The summed E-state index contributed by atoms with van der Waals surface area (Å²) in [7, 11) is 1.64. The van der Waals surface area contributed by atoms with Gasteiger partial charge in [-0.05, 0) is 58.6 Å². The van der Waals surface area contributed by atoms with E-state index in [1.165, 1.54) is 12.3 Å². The van der Waals surface area contributed by atoms with Crippen LogP contribution in [0.25, 0.3) is 34.0 Å². The highest BCUT2D eigenvalue weighted by Gasteiger charge is 2.32. The molecule has 0 spiro atoms. The molecule has 202 valence electrons. The number of methoxy groups -OCH3 is 1. The average molecular weight is 556 g/mol. The molecule has 1 aliphatic rings. The zero-order valence-corrected chi connectivity index (χ0v) is 22.8. The zero-order chi connectivity index (χ0) is 27.5. The maximum atomic E-state index is 14.9. The van der Waals surface area contributed by atoms with Crippen molar-refractivity contribution in [2.75, 3.05) is 7.11 Å². The molecule has 4 heterocycles. The van der Waals surface area contributed by atoms with Gasteiger partial charge in [0.25, 0.3) is 0 Å². The molecule has 0 aliphatic heterocycles. The van der Waals surface area contributed by atoms with Gasteiger partial charge in [0, 0.05) is 17.7 Å². The summed E-state index contributed by atoms with van der Waals surface area (Å²) in [4.78, 5) is 9.43. The van der Waals surface area contributed by atoms with E-state index in [0.29, 0.717) is 48.4 Å². The van der Waals surface area contributed by atoms with E-state index in [1.807, 2.05) is 60.2 Å². The topological polar surface area (TPSA) is 88.1 Å². The Balaban J connectivity index is 1.36. The van der Waals surface area contributed by atoms with Crippen LogP contribution in [0.1, 0.15) is 18.9 Å². The number of aromatic nitrogens is 5. The molecule has 1 aromatic carbocycles. The standard InChI is InChI=1S/C30H26FN5O3S/c1-30(12-4-3-5-27(30)31)19-36-26(24-10-13-39-35-24)15-25(34-36)28-32-16-23(21-11-14-40-18-21)29(33-28)38-17-20-6-8-22(37-2)9-7-20/h3-11,13-16,18H,12,17,19H2,1-2H3. The van der Waals surface area contributed by atoms with Crippen LogP contribution in [0.15, 0.2) is 94.3 Å². The minimum atomic E-state index is -0.743. The molecule has 0 N–H and O–H groups in total. The van der Waals surface area contributed by atoms with Crippen molar-refractivity contribution in [1.29, 1.82) is 0 Å². The Labute approximate surface area is 234 Å². The minimum Gasteiger partial charge on any atom is -0.497 e. The summed E-state index contributed by atoms with van der Waals surface area (Å²) in [6.07, 6.45) is 9.00. The second-order valence-corrected chi connectivity index (χ2v) is 10.5. The molecule has 5 aromatic rings. The first kappa shape index (κ1) is 25.7. The molecule has 6 rings (SSSR count). The SMILES string of the molecule is COc1ccc(COc2nc(-c3cc(-c4ccon4)n(CC4(C)CC=CC=C4F)n3)ncc2-c2ccsc2)cc1. The van der Waals surface area contributed by atoms with Crippen LogP contribution in [-0.2, 0) is 13.2 Å². The zero-order valence-electron chi connectivity index (χ0n) is 22.0. The lowest BCUT2D eigenvalue weighted by molar-refractivity contribution is 0.261. The number of halogens is 1. The largest absolute Gasteiger partial charge is 0.497 e. The van der Waals surface area contributed by atoms with E-state index in [-0.39, 0.29) is 5.83 Å². The number of ether oxygens (including phenoxy) is 2. The molecular weight excluding hydrogens is 529 g/mol. The van der Waals surface area contributed by atoms with Crippen molar-refractivity contribution in [2.24, 2.45) is 5.41 Å². The fraction of sp³-hybridized carbons (Fsp3) is 0.200. The molecule has 4 aromatic heterocycles. The van der Waals surface area contributed by atoms with E-state index in [0.717, 1.165) is 22.4 Å². The van der Waals surface area contributed by atoms with Crippen LogP contribution in [0.3, 0.4) is 0 Å². The monoisotopic (exact) mass is 555 g/mol. The van der Waals surface area contributed by atoms with Crippen LogP contribution in [-0.4, -0.2) is 32.0 Å².